The quantitative estimate of drug-likeness (QED) is 0.834. The van der Waals surface area contributed by atoms with Gasteiger partial charge in [0.15, 0.2) is 0 Å². The molecule has 1 N–H and O–H groups in total. The molecule has 1 unspecified atom stereocenters. The standard InChI is InChI=1S/C14H15FN2O3S/c1-2-9-16-14(18)12-7-5-10-17(12)21(19,20)13-8-4-3-6-11(13)15/h1,3-4,6,8,12H,5,7,9-10H2,(H,16,18). The Bertz CT molecular complexity index is 682. The van der Waals surface area contributed by atoms with Crippen LogP contribution in [-0.2, 0) is 14.8 Å². The summed E-state index contributed by atoms with van der Waals surface area (Å²) in [5, 5.41) is 2.47. The molecule has 0 spiro atoms. The van der Waals surface area contributed by atoms with Crippen LogP contribution in [0.25, 0.3) is 0 Å². The lowest BCUT2D eigenvalue weighted by atomic mass is 10.2. The number of amides is 1. The normalized spacial score (nSPS) is 19.1. The molecule has 0 aliphatic carbocycles. The Hall–Kier alpha value is -1.91. The molecule has 0 bridgehead atoms. The minimum Gasteiger partial charge on any atom is -0.344 e. The second-order valence-electron chi connectivity index (χ2n) is 4.63. The van der Waals surface area contributed by atoms with E-state index in [-0.39, 0.29) is 13.1 Å². The van der Waals surface area contributed by atoms with Crippen LogP contribution >= 0.6 is 0 Å². The summed E-state index contributed by atoms with van der Waals surface area (Å²) in [6.45, 7) is 0.216. The molecule has 1 fully saturated rings. The molecule has 1 atom stereocenters. The van der Waals surface area contributed by atoms with Gasteiger partial charge in [-0.1, -0.05) is 18.1 Å². The Morgan fingerprint density at radius 1 is 1.48 bits per heavy atom. The number of rotatable bonds is 4. The predicted molar refractivity (Wildman–Crippen MR) is 75.2 cm³/mol. The molecule has 1 aliphatic heterocycles. The van der Waals surface area contributed by atoms with E-state index in [1.807, 2.05) is 0 Å². The molecule has 0 saturated carbocycles. The maximum atomic E-state index is 13.7. The van der Waals surface area contributed by atoms with Gasteiger partial charge in [0.25, 0.3) is 0 Å². The number of halogens is 1. The number of hydrogen-bond donors (Lipinski definition) is 1. The van der Waals surface area contributed by atoms with Gasteiger partial charge in [-0.05, 0) is 25.0 Å². The van der Waals surface area contributed by atoms with E-state index in [0.29, 0.717) is 12.8 Å². The van der Waals surface area contributed by atoms with Crippen molar-refractivity contribution in [2.45, 2.75) is 23.8 Å². The van der Waals surface area contributed by atoms with Crippen LogP contribution in [0.3, 0.4) is 0 Å². The largest absolute Gasteiger partial charge is 0.344 e. The smallest absolute Gasteiger partial charge is 0.246 e. The molecule has 1 aromatic carbocycles. The number of sulfonamides is 1. The second-order valence-corrected chi connectivity index (χ2v) is 6.49. The number of nitrogens with one attached hydrogen (secondary N) is 1. The molecule has 1 heterocycles. The second kappa shape index (κ2) is 6.24. The molecule has 1 aromatic rings. The van der Waals surface area contributed by atoms with E-state index in [1.54, 1.807) is 0 Å². The van der Waals surface area contributed by atoms with E-state index in [1.165, 1.54) is 18.2 Å². The summed E-state index contributed by atoms with van der Waals surface area (Å²) in [6, 6.07) is 4.29. The third kappa shape index (κ3) is 3.06. The first-order chi connectivity index (χ1) is 9.98. The molecule has 1 saturated heterocycles. The van der Waals surface area contributed by atoms with Crippen LogP contribution in [0.5, 0.6) is 0 Å². The van der Waals surface area contributed by atoms with Crippen molar-refractivity contribution in [2.75, 3.05) is 13.1 Å². The topological polar surface area (TPSA) is 66.5 Å². The van der Waals surface area contributed by atoms with E-state index in [9.17, 15) is 17.6 Å². The van der Waals surface area contributed by atoms with Crippen LogP contribution in [0.15, 0.2) is 29.2 Å². The highest BCUT2D eigenvalue weighted by Crippen LogP contribution is 2.27. The zero-order valence-electron chi connectivity index (χ0n) is 11.3. The number of carbonyl (C=O) groups excluding carboxylic acids is 1. The maximum Gasteiger partial charge on any atom is 0.246 e. The van der Waals surface area contributed by atoms with E-state index in [0.717, 1.165) is 10.4 Å². The van der Waals surface area contributed by atoms with Crippen molar-refractivity contribution in [3.05, 3.63) is 30.1 Å². The monoisotopic (exact) mass is 310 g/mol. The number of terminal acetylenes is 1. The van der Waals surface area contributed by atoms with Crippen LogP contribution < -0.4 is 5.32 Å². The Morgan fingerprint density at radius 2 is 2.19 bits per heavy atom. The highest BCUT2D eigenvalue weighted by atomic mass is 32.2. The summed E-state index contributed by atoms with van der Waals surface area (Å²) in [6.07, 6.45) is 6.00. The van der Waals surface area contributed by atoms with Gasteiger partial charge in [0.2, 0.25) is 15.9 Å². The van der Waals surface area contributed by atoms with Gasteiger partial charge in [-0.25, -0.2) is 12.8 Å². The highest BCUT2D eigenvalue weighted by Gasteiger charge is 2.40. The molecule has 112 valence electrons. The van der Waals surface area contributed by atoms with Crippen molar-refractivity contribution in [1.29, 1.82) is 0 Å². The zero-order valence-corrected chi connectivity index (χ0v) is 12.1. The number of nitrogens with zero attached hydrogens (tertiary/aromatic N) is 1. The lowest BCUT2D eigenvalue weighted by Gasteiger charge is -2.23. The lowest BCUT2D eigenvalue weighted by molar-refractivity contribution is -0.123. The molecule has 21 heavy (non-hydrogen) atoms. The van der Waals surface area contributed by atoms with Gasteiger partial charge in [0.1, 0.15) is 16.8 Å². The molecule has 0 radical (unpaired) electrons. The SMILES string of the molecule is C#CCNC(=O)C1CCCN1S(=O)(=O)c1ccccc1F. The minimum atomic E-state index is -4.04. The molecule has 1 amide bonds. The number of carbonyl (C=O) groups is 1. The first-order valence-electron chi connectivity index (χ1n) is 6.46. The molecular formula is C14H15FN2O3S. The molecule has 2 rings (SSSR count). The molecule has 0 aromatic heterocycles. The summed E-state index contributed by atoms with van der Waals surface area (Å²) >= 11 is 0. The predicted octanol–water partition coefficient (Wildman–Crippen LogP) is 0.728. The maximum absolute atomic E-state index is 13.7. The molecule has 5 nitrogen and oxygen atoms in total. The van der Waals surface area contributed by atoms with Gasteiger partial charge in [-0.15, -0.1) is 6.42 Å². The van der Waals surface area contributed by atoms with E-state index in [4.69, 9.17) is 6.42 Å². The molecule has 7 heteroatoms. The van der Waals surface area contributed by atoms with Crippen molar-refractivity contribution in [3.63, 3.8) is 0 Å². The fourth-order valence-corrected chi connectivity index (χ4v) is 4.05. The minimum absolute atomic E-state index is 0.0307. The Morgan fingerprint density at radius 3 is 2.86 bits per heavy atom. The third-order valence-electron chi connectivity index (χ3n) is 3.29. The van der Waals surface area contributed by atoms with Crippen LogP contribution in [0, 0.1) is 18.2 Å². The van der Waals surface area contributed by atoms with Gasteiger partial charge in [-0.2, -0.15) is 4.31 Å². The van der Waals surface area contributed by atoms with Gasteiger partial charge in [0, 0.05) is 6.54 Å². The third-order valence-corrected chi connectivity index (χ3v) is 5.24. The summed E-state index contributed by atoms with van der Waals surface area (Å²) < 4.78 is 39.8. The summed E-state index contributed by atoms with van der Waals surface area (Å²) in [7, 11) is -4.04. The Kier molecular flexibility index (Phi) is 4.60. The number of hydrogen-bond acceptors (Lipinski definition) is 3. The van der Waals surface area contributed by atoms with Crippen LogP contribution in [0.4, 0.5) is 4.39 Å². The summed E-state index contributed by atoms with van der Waals surface area (Å²) in [5.74, 6) is 0.976. The average Bonchev–Trinajstić information content (AvgIpc) is 2.95. The Labute approximate surface area is 123 Å². The fourth-order valence-electron chi connectivity index (χ4n) is 2.33. The van der Waals surface area contributed by atoms with Crippen molar-refractivity contribution in [3.8, 4) is 12.3 Å². The first kappa shape index (κ1) is 15.5. The van der Waals surface area contributed by atoms with Crippen molar-refractivity contribution >= 4 is 15.9 Å². The van der Waals surface area contributed by atoms with Gasteiger partial charge < -0.3 is 5.32 Å². The summed E-state index contributed by atoms with van der Waals surface area (Å²) in [4.78, 5) is 11.6. The molecular weight excluding hydrogens is 295 g/mol. The van der Waals surface area contributed by atoms with Crippen LogP contribution in [0.2, 0.25) is 0 Å². The molecule has 1 aliphatic rings. The number of benzene rings is 1. The van der Waals surface area contributed by atoms with E-state index < -0.39 is 32.7 Å². The van der Waals surface area contributed by atoms with Gasteiger partial charge in [-0.3, -0.25) is 4.79 Å². The fraction of sp³-hybridized carbons (Fsp3) is 0.357. The van der Waals surface area contributed by atoms with Crippen LogP contribution in [0.1, 0.15) is 12.8 Å². The van der Waals surface area contributed by atoms with Gasteiger partial charge in [0.05, 0.1) is 6.54 Å². The van der Waals surface area contributed by atoms with E-state index in [2.05, 4.69) is 11.2 Å². The highest BCUT2D eigenvalue weighted by molar-refractivity contribution is 7.89. The van der Waals surface area contributed by atoms with Crippen molar-refractivity contribution < 1.29 is 17.6 Å². The van der Waals surface area contributed by atoms with Crippen molar-refractivity contribution in [2.24, 2.45) is 0 Å². The van der Waals surface area contributed by atoms with Crippen molar-refractivity contribution in [1.82, 2.24) is 9.62 Å². The van der Waals surface area contributed by atoms with Gasteiger partial charge >= 0.3 is 0 Å². The van der Waals surface area contributed by atoms with Crippen LogP contribution in [-0.4, -0.2) is 37.8 Å². The average molecular weight is 310 g/mol. The lowest BCUT2D eigenvalue weighted by Crippen LogP contribution is -2.46. The Balaban J connectivity index is 2.29. The van der Waals surface area contributed by atoms with E-state index >= 15 is 0 Å². The first-order valence-corrected chi connectivity index (χ1v) is 7.90. The zero-order chi connectivity index (χ0) is 15.5. The summed E-state index contributed by atoms with van der Waals surface area (Å²) in [5.41, 5.74) is 0.